The first-order valence-corrected chi connectivity index (χ1v) is 8.15. The lowest BCUT2D eigenvalue weighted by atomic mass is 10.0. The topological polar surface area (TPSA) is 41.1 Å². The predicted octanol–water partition coefficient (Wildman–Crippen LogP) is 5.18. The fourth-order valence-electron chi connectivity index (χ4n) is 2.36. The molecular weight excluding hydrogens is 372 g/mol. The highest BCUT2D eigenvalue weighted by atomic mass is 35.5. The second-order valence-electron chi connectivity index (χ2n) is 5.85. The Balaban J connectivity index is 2.04. The molecule has 0 spiro atoms. The van der Waals surface area contributed by atoms with Gasteiger partial charge in [-0.25, -0.2) is 4.39 Å². The fraction of sp³-hybridized carbons (Fsp3) is 0.278. The van der Waals surface area contributed by atoms with Crippen molar-refractivity contribution < 1.29 is 22.4 Å². The third-order valence-electron chi connectivity index (χ3n) is 3.80. The summed E-state index contributed by atoms with van der Waals surface area (Å²) in [5, 5.41) is 5.53. The SMILES string of the molecule is C[C@H](N[C@H](C)c1cccc(C(F)(F)F)c1)C(=O)Nc1ccc(F)cc1Cl. The molecule has 8 heteroatoms. The van der Waals surface area contributed by atoms with E-state index in [1.807, 2.05) is 0 Å². The Morgan fingerprint density at radius 2 is 1.81 bits per heavy atom. The molecule has 140 valence electrons. The standard InChI is InChI=1S/C18H17ClF4N2O/c1-10(12-4-3-5-13(8-12)18(21,22)23)24-11(2)17(26)25-16-7-6-14(20)9-15(16)19/h3-11,24H,1-2H3,(H,25,26)/t10-,11+/m1/s1. The average molecular weight is 389 g/mol. The molecule has 26 heavy (non-hydrogen) atoms. The molecule has 0 fully saturated rings. The number of nitrogens with one attached hydrogen (secondary N) is 2. The number of hydrogen-bond acceptors (Lipinski definition) is 2. The first kappa shape index (κ1) is 20.2. The summed E-state index contributed by atoms with van der Waals surface area (Å²) in [5.41, 5.74) is -0.100. The van der Waals surface area contributed by atoms with Crippen LogP contribution in [0.1, 0.15) is 31.0 Å². The molecule has 0 aromatic heterocycles. The predicted molar refractivity (Wildman–Crippen MR) is 92.5 cm³/mol. The summed E-state index contributed by atoms with van der Waals surface area (Å²) in [5.74, 6) is -0.977. The van der Waals surface area contributed by atoms with Crippen molar-refractivity contribution >= 4 is 23.2 Å². The second kappa shape index (κ2) is 8.05. The second-order valence-corrected chi connectivity index (χ2v) is 6.25. The highest BCUT2D eigenvalue weighted by Gasteiger charge is 2.30. The van der Waals surface area contributed by atoms with Gasteiger partial charge in [-0.15, -0.1) is 0 Å². The van der Waals surface area contributed by atoms with Gasteiger partial charge in [0, 0.05) is 6.04 Å². The van der Waals surface area contributed by atoms with Crippen LogP contribution in [0.5, 0.6) is 0 Å². The van der Waals surface area contributed by atoms with Crippen LogP contribution in [-0.2, 0) is 11.0 Å². The van der Waals surface area contributed by atoms with Crippen molar-refractivity contribution in [2.24, 2.45) is 0 Å². The minimum Gasteiger partial charge on any atom is -0.323 e. The Hall–Kier alpha value is -2.12. The zero-order valence-electron chi connectivity index (χ0n) is 14.0. The van der Waals surface area contributed by atoms with E-state index in [0.717, 1.165) is 24.3 Å². The minimum absolute atomic E-state index is 0.0523. The Labute approximate surface area is 153 Å². The third-order valence-corrected chi connectivity index (χ3v) is 4.11. The van der Waals surface area contributed by atoms with Crippen LogP contribution < -0.4 is 10.6 Å². The summed E-state index contributed by atoms with van der Waals surface area (Å²) in [6.07, 6.45) is -4.43. The Morgan fingerprint density at radius 1 is 1.12 bits per heavy atom. The molecular formula is C18H17ClF4N2O. The number of alkyl halides is 3. The van der Waals surface area contributed by atoms with Crippen molar-refractivity contribution in [1.29, 1.82) is 0 Å². The van der Waals surface area contributed by atoms with Crippen molar-refractivity contribution in [2.45, 2.75) is 32.1 Å². The van der Waals surface area contributed by atoms with E-state index in [2.05, 4.69) is 10.6 Å². The van der Waals surface area contributed by atoms with Gasteiger partial charge in [-0.2, -0.15) is 13.2 Å². The molecule has 0 aliphatic carbocycles. The molecule has 3 nitrogen and oxygen atoms in total. The normalized spacial score (nSPS) is 14.0. The number of anilines is 1. The number of carbonyl (C=O) groups excluding carboxylic acids is 1. The number of halogens is 5. The first-order valence-electron chi connectivity index (χ1n) is 7.77. The van der Waals surface area contributed by atoms with Crippen LogP contribution in [0.2, 0.25) is 5.02 Å². The van der Waals surface area contributed by atoms with Crippen LogP contribution >= 0.6 is 11.6 Å². The smallest absolute Gasteiger partial charge is 0.323 e. The molecule has 0 saturated carbocycles. The number of benzene rings is 2. The van der Waals surface area contributed by atoms with Crippen LogP contribution in [0.25, 0.3) is 0 Å². The minimum atomic E-state index is -4.43. The number of carbonyl (C=O) groups is 1. The molecule has 0 heterocycles. The summed E-state index contributed by atoms with van der Waals surface area (Å²) >= 11 is 5.86. The molecule has 0 aliphatic heterocycles. The molecule has 2 aromatic rings. The summed E-state index contributed by atoms with van der Waals surface area (Å²) < 4.78 is 51.5. The van der Waals surface area contributed by atoms with Gasteiger partial charge in [0.25, 0.3) is 0 Å². The number of amides is 1. The lowest BCUT2D eigenvalue weighted by Crippen LogP contribution is -2.39. The molecule has 0 saturated heterocycles. The van der Waals surface area contributed by atoms with E-state index in [4.69, 9.17) is 11.6 Å². The lowest BCUT2D eigenvalue weighted by Gasteiger charge is -2.21. The van der Waals surface area contributed by atoms with Crippen LogP contribution in [-0.4, -0.2) is 11.9 Å². The van der Waals surface area contributed by atoms with E-state index in [-0.39, 0.29) is 10.7 Å². The monoisotopic (exact) mass is 388 g/mol. The molecule has 0 bridgehead atoms. The quantitative estimate of drug-likeness (QED) is 0.693. The highest BCUT2D eigenvalue weighted by molar-refractivity contribution is 6.33. The molecule has 2 rings (SSSR count). The maximum absolute atomic E-state index is 13.0. The van der Waals surface area contributed by atoms with Gasteiger partial charge in [0.15, 0.2) is 0 Å². The van der Waals surface area contributed by atoms with Gasteiger partial charge in [-0.3, -0.25) is 10.1 Å². The summed E-state index contributed by atoms with van der Waals surface area (Å²) in [7, 11) is 0. The lowest BCUT2D eigenvalue weighted by molar-refractivity contribution is -0.137. The Bertz CT molecular complexity index is 795. The van der Waals surface area contributed by atoms with Gasteiger partial charge >= 0.3 is 6.18 Å². The Kier molecular flexibility index (Phi) is 6.26. The Morgan fingerprint density at radius 3 is 2.42 bits per heavy atom. The van der Waals surface area contributed by atoms with Crippen molar-refractivity contribution in [3.63, 3.8) is 0 Å². The van der Waals surface area contributed by atoms with Gasteiger partial charge in [-0.1, -0.05) is 23.7 Å². The van der Waals surface area contributed by atoms with Gasteiger partial charge in [0.05, 0.1) is 22.3 Å². The van der Waals surface area contributed by atoms with Gasteiger partial charge in [0.1, 0.15) is 5.82 Å². The van der Waals surface area contributed by atoms with E-state index in [1.54, 1.807) is 19.9 Å². The number of rotatable bonds is 5. The number of hydrogen-bond donors (Lipinski definition) is 2. The maximum atomic E-state index is 13.0. The van der Waals surface area contributed by atoms with Gasteiger partial charge < -0.3 is 5.32 Å². The van der Waals surface area contributed by atoms with Gasteiger partial charge in [0.2, 0.25) is 5.91 Å². The fourth-order valence-corrected chi connectivity index (χ4v) is 2.58. The van der Waals surface area contributed by atoms with Crippen LogP contribution in [0, 0.1) is 5.82 Å². The third kappa shape index (κ3) is 5.19. The van der Waals surface area contributed by atoms with Crippen molar-refractivity contribution in [3.8, 4) is 0 Å². The molecule has 2 N–H and O–H groups in total. The van der Waals surface area contributed by atoms with Crippen molar-refractivity contribution in [3.05, 3.63) is 64.4 Å². The van der Waals surface area contributed by atoms with E-state index < -0.39 is 35.5 Å². The van der Waals surface area contributed by atoms with Crippen LogP contribution in [0.4, 0.5) is 23.2 Å². The molecule has 0 unspecified atom stereocenters. The molecule has 0 aliphatic rings. The summed E-state index contributed by atoms with van der Waals surface area (Å²) in [4.78, 5) is 12.2. The van der Waals surface area contributed by atoms with Gasteiger partial charge in [-0.05, 0) is 49.7 Å². The van der Waals surface area contributed by atoms with Crippen molar-refractivity contribution in [2.75, 3.05) is 5.32 Å². The zero-order valence-corrected chi connectivity index (χ0v) is 14.8. The van der Waals surface area contributed by atoms with Crippen LogP contribution in [0.15, 0.2) is 42.5 Å². The maximum Gasteiger partial charge on any atom is 0.416 e. The van der Waals surface area contributed by atoms with E-state index in [9.17, 15) is 22.4 Å². The summed E-state index contributed by atoms with van der Waals surface area (Å²) in [6.45, 7) is 3.22. The van der Waals surface area contributed by atoms with Crippen molar-refractivity contribution in [1.82, 2.24) is 5.32 Å². The van der Waals surface area contributed by atoms with E-state index >= 15 is 0 Å². The highest BCUT2D eigenvalue weighted by Crippen LogP contribution is 2.30. The van der Waals surface area contributed by atoms with E-state index in [1.165, 1.54) is 12.1 Å². The van der Waals surface area contributed by atoms with E-state index in [0.29, 0.717) is 5.56 Å². The molecule has 1 amide bonds. The first-order chi connectivity index (χ1) is 12.1. The molecule has 2 atom stereocenters. The largest absolute Gasteiger partial charge is 0.416 e. The van der Waals surface area contributed by atoms with Crippen LogP contribution in [0.3, 0.4) is 0 Å². The summed E-state index contributed by atoms with van der Waals surface area (Å²) in [6, 6.07) is 7.24. The molecule has 2 aromatic carbocycles. The average Bonchev–Trinajstić information content (AvgIpc) is 2.56. The zero-order chi connectivity index (χ0) is 19.5. The molecule has 0 radical (unpaired) electrons.